The zero-order valence-corrected chi connectivity index (χ0v) is 19.2. The van der Waals surface area contributed by atoms with Crippen LogP contribution in [-0.4, -0.2) is 75.5 Å². The van der Waals surface area contributed by atoms with E-state index in [0.29, 0.717) is 18.7 Å². The van der Waals surface area contributed by atoms with Crippen LogP contribution in [0.1, 0.15) is 45.0 Å². The van der Waals surface area contributed by atoms with Gasteiger partial charge in [-0.3, -0.25) is 9.59 Å². The molecule has 0 saturated carbocycles. The van der Waals surface area contributed by atoms with Gasteiger partial charge in [0.2, 0.25) is 10.0 Å². The van der Waals surface area contributed by atoms with E-state index >= 15 is 0 Å². The molecule has 0 aliphatic carbocycles. The van der Waals surface area contributed by atoms with Crippen molar-refractivity contribution in [1.29, 1.82) is 0 Å². The lowest BCUT2D eigenvalue weighted by Gasteiger charge is -2.26. The number of hydrogen-bond acceptors (Lipinski definition) is 6. The number of nitrogens with zero attached hydrogens (tertiary/aromatic N) is 2. The van der Waals surface area contributed by atoms with E-state index in [1.54, 1.807) is 34.6 Å². The number of hydrogen-bond donors (Lipinski definition) is 1. The van der Waals surface area contributed by atoms with Crippen LogP contribution in [-0.2, 0) is 19.6 Å². The summed E-state index contributed by atoms with van der Waals surface area (Å²) in [6.45, 7) is 9.48. The van der Waals surface area contributed by atoms with Gasteiger partial charge in [0.1, 0.15) is 12.1 Å². The highest BCUT2D eigenvalue weighted by Gasteiger charge is 2.24. The lowest BCUT2D eigenvalue weighted by atomic mass is 10.2. The molecule has 0 fully saturated rings. The quantitative estimate of drug-likeness (QED) is 0.603. The van der Waals surface area contributed by atoms with Crippen molar-refractivity contribution >= 4 is 21.9 Å². The van der Waals surface area contributed by atoms with E-state index < -0.39 is 21.6 Å². The summed E-state index contributed by atoms with van der Waals surface area (Å²) >= 11 is 0. The molecule has 9 heteroatoms. The summed E-state index contributed by atoms with van der Waals surface area (Å²) < 4.78 is 32.3. The molecule has 0 aliphatic rings. The van der Waals surface area contributed by atoms with Crippen molar-refractivity contribution in [1.82, 2.24) is 14.5 Å². The predicted octanol–water partition coefficient (Wildman–Crippen LogP) is 1.72. The number of amides is 1. The zero-order chi connectivity index (χ0) is 22.4. The fourth-order valence-electron chi connectivity index (χ4n) is 2.44. The molecule has 1 rings (SSSR count). The van der Waals surface area contributed by atoms with Crippen molar-refractivity contribution in [2.75, 3.05) is 33.7 Å². The summed E-state index contributed by atoms with van der Waals surface area (Å²) in [5.74, 6) is -0.858. The molecular weight excluding hydrogens is 394 g/mol. The van der Waals surface area contributed by atoms with Crippen molar-refractivity contribution in [3.8, 4) is 0 Å². The second-order valence-corrected chi connectivity index (χ2v) is 10.1. The Morgan fingerprint density at radius 2 is 1.62 bits per heavy atom. The molecule has 1 N–H and O–H groups in total. The maximum Gasteiger partial charge on any atom is 0.326 e. The Morgan fingerprint density at radius 3 is 2.07 bits per heavy atom. The fraction of sp³-hybridized carbons (Fsp3) is 0.600. The monoisotopic (exact) mass is 427 g/mol. The van der Waals surface area contributed by atoms with E-state index in [9.17, 15) is 18.0 Å². The van der Waals surface area contributed by atoms with Crippen LogP contribution in [0.5, 0.6) is 0 Å². The Kier molecular flexibility index (Phi) is 8.80. The SMILES string of the molecule is CC(C)NS(=O)(=O)c1ccc(C(=O)N(CCN(C)C)CC(=O)OC(C)(C)C)cc1. The number of ether oxygens (including phenoxy) is 1. The van der Waals surface area contributed by atoms with E-state index in [1.165, 1.54) is 29.2 Å². The summed E-state index contributed by atoms with van der Waals surface area (Å²) in [4.78, 5) is 28.5. The molecule has 1 aromatic carbocycles. The molecule has 1 aromatic rings. The van der Waals surface area contributed by atoms with Crippen molar-refractivity contribution in [2.45, 2.75) is 51.2 Å². The highest BCUT2D eigenvalue weighted by atomic mass is 32.2. The van der Waals surface area contributed by atoms with Crippen molar-refractivity contribution in [3.05, 3.63) is 29.8 Å². The van der Waals surface area contributed by atoms with Crippen molar-refractivity contribution in [2.24, 2.45) is 0 Å². The Hall–Kier alpha value is -1.97. The molecular formula is C20H33N3O5S. The van der Waals surface area contributed by atoms with Crippen LogP contribution in [0.15, 0.2) is 29.2 Å². The number of nitrogens with one attached hydrogen (secondary N) is 1. The molecule has 0 unspecified atom stereocenters. The summed E-state index contributed by atoms with van der Waals surface area (Å²) in [6, 6.07) is 5.44. The lowest BCUT2D eigenvalue weighted by Crippen LogP contribution is -2.42. The second kappa shape index (κ2) is 10.2. The highest BCUT2D eigenvalue weighted by Crippen LogP contribution is 2.14. The zero-order valence-electron chi connectivity index (χ0n) is 18.4. The van der Waals surface area contributed by atoms with Crippen LogP contribution in [0.3, 0.4) is 0 Å². The summed E-state index contributed by atoms with van der Waals surface area (Å²) in [5, 5.41) is 0. The summed E-state index contributed by atoms with van der Waals surface area (Å²) in [5.41, 5.74) is -0.344. The first-order valence-corrected chi connectivity index (χ1v) is 11.0. The molecule has 0 atom stereocenters. The predicted molar refractivity (Wildman–Crippen MR) is 112 cm³/mol. The van der Waals surface area contributed by atoms with Crippen molar-refractivity contribution in [3.63, 3.8) is 0 Å². The fourth-order valence-corrected chi connectivity index (χ4v) is 3.69. The first-order valence-electron chi connectivity index (χ1n) is 9.49. The maximum absolute atomic E-state index is 12.9. The standard InChI is InChI=1S/C20H33N3O5S/c1-15(2)21-29(26,27)17-10-8-16(9-11-17)19(25)23(13-12-22(6)7)14-18(24)28-20(3,4)5/h8-11,15,21H,12-14H2,1-7H3. The van der Waals surface area contributed by atoms with Crippen LogP contribution in [0.25, 0.3) is 0 Å². The minimum absolute atomic E-state index is 0.0785. The van der Waals surface area contributed by atoms with Crippen molar-refractivity contribution < 1.29 is 22.7 Å². The first kappa shape index (κ1) is 25.1. The number of sulfonamides is 1. The minimum atomic E-state index is -3.64. The third-order valence-corrected chi connectivity index (χ3v) is 5.32. The third kappa shape index (κ3) is 8.93. The molecule has 0 spiro atoms. The van der Waals surface area contributed by atoms with Crippen LogP contribution in [0.2, 0.25) is 0 Å². The van der Waals surface area contributed by atoms with E-state index in [0.717, 1.165) is 0 Å². The van der Waals surface area contributed by atoms with E-state index in [1.807, 2.05) is 19.0 Å². The maximum atomic E-state index is 12.9. The second-order valence-electron chi connectivity index (χ2n) is 8.42. The van der Waals surface area contributed by atoms with E-state index in [-0.39, 0.29) is 23.4 Å². The molecule has 0 saturated heterocycles. The molecule has 0 heterocycles. The molecule has 8 nitrogen and oxygen atoms in total. The Bertz CT molecular complexity index is 796. The smallest absolute Gasteiger partial charge is 0.326 e. The van der Waals surface area contributed by atoms with Gasteiger partial charge < -0.3 is 14.5 Å². The molecule has 1 amide bonds. The Morgan fingerprint density at radius 1 is 1.07 bits per heavy atom. The van der Waals surface area contributed by atoms with Gasteiger partial charge in [-0.15, -0.1) is 0 Å². The summed E-state index contributed by atoms with van der Waals surface area (Å²) in [6.07, 6.45) is 0. The molecule has 0 radical (unpaired) electrons. The van der Waals surface area contributed by atoms with Gasteiger partial charge in [-0.25, -0.2) is 13.1 Å². The topological polar surface area (TPSA) is 96.0 Å². The molecule has 0 bridgehead atoms. The number of rotatable bonds is 9. The van der Waals surface area contributed by atoms with Gasteiger partial charge in [0.25, 0.3) is 5.91 Å². The van der Waals surface area contributed by atoms with Gasteiger partial charge in [-0.1, -0.05) is 0 Å². The number of benzene rings is 1. The minimum Gasteiger partial charge on any atom is -0.459 e. The van der Waals surface area contributed by atoms with Gasteiger partial charge in [0.05, 0.1) is 4.90 Å². The molecule has 0 aliphatic heterocycles. The molecule has 164 valence electrons. The first-order chi connectivity index (χ1) is 13.2. The molecule has 0 aromatic heterocycles. The number of carbonyl (C=O) groups is 2. The third-order valence-electron chi connectivity index (χ3n) is 3.65. The normalized spacial score (nSPS) is 12.3. The highest BCUT2D eigenvalue weighted by molar-refractivity contribution is 7.89. The Balaban J connectivity index is 3.01. The largest absolute Gasteiger partial charge is 0.459 e. The Labute approximate surface area is 174 Å². The molecule has 29 heavy (non-hydrogen) atoms. The van der Waals surface area contributed by atoms with Gasteiger partial charge in [-0.05, 0) is 73.0 Å². The number of likely N-dealkylation sites (N-methyl/N-ethyl adjacent to an activating group) is 1. The number of carbonyl (C=O) groups excluding carboxylic acids is 2. The van der Waals surface area contributed by atoms with Gasteiger partial charge in [0, 0.05) is 24.7 Å². The van der Waals surface area contributed by atoms with Crippen LogP contribution in [0.4, 0.5) is 0 Å². The average Bonchev–Trinajstić information content (AvgIpc) is 2.55. The van der Waals surface area contributed by atoms with E-state index in [4.69, 9.17) is 4.74 Å². The van der Waals surface area contributed by atoms with Gasteiger partial charge in [-0.2, -0.15) is 0 Å². The van der Waals surface area contributed by atoms with E-state index in [2.05, 4.69) is 4.72 Å². The van der Waals surface area contributed by atoms with Gasteiger partial charge in [0.15, 0.2) is 0 Å². The van der Waals surface area contributed by atoms with Gasteiger partial charge >= 0.3 is 5.97 Å². The lowest BCUT2D eigenvalue weighted by molar-refractivity contribution is -0.155. The average molecular weight is 428 g/mol. The van der Waals surface area contributed by atoms with Crippen LogP contribution >= 0.6 is 0 Å². The summed E-state index contributed by atoms with van der Waals surface area (Å²) in [7, 11) is 0.106. The van der Waals surface area contributed by atoms with Crippen LogP contribution in [0, 0.1) is 0 Å². The number of esters is 1. The van der Waals surface area contributed by atoms with Crippen LogP contribution < -0.4 is 4.72 Å².